The van der Waals surface area contributed by atoms with E-state index in [0.29, 0.717) is 5.69 Å². The Labute approximate surface area is 142 Å². The number of hydrogen-bond donors (Lipinski definition) is 1. The lowest BCUT2D eigenvalue weighted by Gasteiger charge is -2.17. The molecule has 0 atom stereocenters. The quantitative estimate of drug-likeness (QED) is 0.718. The van der Waals surface area contributed by atoms with Crippen LogP contribution in [0.2, 0.25) is 0 Å². The van der Waals surface area contributed by atoms with E-state index in [2.05, 4.69) is 4.98 Å². The minimum Gasteiger partial charge on any atom is -0.305 e. The number of H-pyrrole nitrogens is 1. The molecule has 0 spiro atoms. The molecule has 0 amide bonds. The number of alkyl halides is 2. The van der Waals surface area contributed by atoms with Crippen molar-refractivity contribution >= 4 is 12.2 Å². The zero-order valence-electron chi connectivity index (χ0n) is 12.8. The fraction of sp³-hybridized carbons (Fsp3) is 0.111. The lowest BCUT2D eigenvalue weighted by atomic mass is 10.1. The predicted molar refractivity (Wildman–Crippen MR) is 91.4 cm³/mol. The smallest absolute Gasteiger partial charge is 0.305 e. The van der Waals surface area contributed by atoms with Crippen molar-refractivity contribution in [3.8, 4) is 5.69 Å². The number of halogens is 2. The molecule has 0 aliphatic rings. The molecule has 3 aromatic rings. The Morgan fingerprint density at radius 3 is 2.25 bits per heavy atom. The second-order valence-electron chi connectivity index (χ2n) is 5.44. The molecule has 24 heavy (non-hydrogen) atoms. The molecule has 0 bridgehead atoms. The highest BCUT2D eigenvalue weighted by Gasteiger charge is 2.35. The number of aryl methyl sites for hydroxylation is 1. The van der Waals surface area contributed by atoms with Crippen molar-refractivity contribution in [2.75, 3.05) is 0 Å². The molecule has 6 heteroatoms. The molecule has 2 aromatic carbocycles. The number of nitrogens with one attached hydrogen (secondary N) is 1. The highest BCUT2D eigenvalue weighted by molar-refractivity contribution is 7.71. The van der Waals surface area contributed by atoms with Crippen molar-refractivity contribution in [1.82, 2.24) is 9.55 Å². The molecule has 0 saturated heterocycles. The molecule has 0 saturated carbocycles. The van der Waals surface area contributed by atoms with E-state index in [9.17, 15) is 13.6 Å². The first-order valence-electron chi connectivity index (χ1n) is 7.27. The molecule has 122 valence electrons. The standard InChI is InChI=1S/C18H14F2N2OS/c1-12-7-9-14(10-8-12)22-16(24)11-15(21-17(22)23)18(19,20)13-5-3-2-4-6-13/h2-11H,1H3,(H,21,23). The summed E-state index contributed by atoms with van der Waals surface area (Å²) in [6, 6.07) is 15.5. The molecule has 1 heterocycles. The molecule has 1 N–H and O–H groups in total. The highest BCUT2D eigenvalue weighted by atomic mass is 32.1. The van der Waals surface area contributed by atoms with Crippen molar-refractivity contribution in [2.24, 2.45) is 0 Å². The van der Waals surface area contributed by atoms with Gasteiger partial charge in [-0.2, -0.15) is 8.78 Å². The van der Waals surface area contributed by atoms with Crippen molar-refractivity contribution in [1.29, 1.82) is 0 Å². The van der Waals surface area contributed by atoms with Crippen LogP contribution in [0.4, 0.5) is 8.78 Å². The van der Waals surface area contributed by atoms with Crippen LogP contribution in [0.1, 0.15) is 16.8 Å². The molecular formula is C18H14F2N2OS. The maximum atomic E-state index is 14.6. The Balaban J connectivity index is 2.13. The van der Waals surface area contributed by atoms with Crippen LogP contribution in [0.3, 0.4) is 0 Å². The number of nitrogens with zero attached hydrogens (tertiary/aromatic N) is 1. The van der Waals surface area contributed by atoms with E-state index in [-0.39, 0.29) is 10.2 Å². The lowest BCUT2D eigenvalue weighted by molar-refractivity contribution is 0.0374. The third kappa shape index (κ3) is 2.92. The van der Waals surface area contributed by atoms with Gasteiger partial charge < -0.3 is 4.98 Å². The minimum atomic E-state index is -3.33. The van der Waals surface area contributed by atoms with Gasteiger partial charge in [0.15, 0.2) is 0 Å². The van der Waals surface area contributed by atoms with Crippen LogP contribution < -0.4 is 5.69 Å². The second kappa shape index (κ2) is 6.13. The van der Waals surface area contributed by atoms with E-state index in [1.165, 1.54) is 28.8 Å². The van der Waals surface area contributed by atoms with Gasteiger partial charge in [-0.15, -0.1) is 0 Å². The number of aromatic amines is 1. The Morgan fingerprint density at radius 2 is 1.67 bits per heavy atom. The summed E-state index contributed by atoms with van der Waals surface area (Å²) in [6.45, 7) is 1.91. The number of aromatic nitrogens is 2. The number of rotatable bonds is 3. The van der Waals surface area contributed by atoms with Crippen molar-refractivity contribution in [2.45, 2.75) is 12.8 Å². The van der Waals surface area contributed by atoms with E-state index < -0.39 is 17.3 Å². The molecule has 0 unspecified atom stereocenters. The molecule has 0 fully saturated rings. The van der Waals surface area contributed by atoms with Crippen molar-refractivity contribution in [3.05, 3.63) is 92.6 Å². The summed E-state index contributed by atoms with van der Waals surface area (Å²) < 4.78 is 30.4. The first kappa shape index (κ1) is 16.3. The SMILES string of the molecule is Cc1ccc(-n2c(=S)cc(C(F)(F)c3ccccc3)[nH]c2=O)cc1. The average molecular weight is 344 g/mol. The van der Waals surface area contributed by atoms with Gasteiger partial charge in [-0.25, -0.2) is 4.79 Å². The molecule has 0 aliphatic heterocycles. The molecule has 0 aliphatic carbocycles. The van der Waals surface area contributed by atoms with Crippen LogP contribution in [-0.2, 0) is 5.92 Å². The van der Waals surface area contributed by atoms with Crippen molar-refractivity contribution in [3.63, 3.8) is 0 Å². The summed E-state index contributed by atoms with van der Waals surface area (Å²) in [4.78, 5) is 14.6. The molecule has 3 rings (SSSR count). The minimum absolute atomic E-state index is 0.0215. The van der Waals surface area contributed by atoms with Crippen molar-refractivity contribution < 1.29 is 8.78 Å². The molecule has 1 aromatic heterocycles. The Morgan fingerprint density at radius 1 is 1.04 bits per heavy atom. The summed E-state index contributed by atoms with van der Waals surface area (Å²) in [6.07, 6.45) is 0. The van der Waals surface area contributed by atoms with Gasteiger partial charge >= 0.3 is 11.6 Å². The van der Waals surface area contributed by atoms with Crippen LogP contribution in [0.25, 0.3) is 5.69 Å². The van der Waals surface area contributed by atoms with Gasteiger partial charge in [0, 0.05) is 5.56 Å². The largest absolute Gasteiger partial charge is 0.331 e. The van der Waals surface area contributed by atoms with E-state index in [4.69, 9.17) is 12.2 Å². The average Bonchev–Trinajstić information content (AvgIpc) is 2.56. The lowest BCUT2D eigenvalue weighted by Crippen LogP contribution is -2.28. The molecule has 3 nitrogen and oxygen atoms in total. The second-order valence-corrected chi connectivity index (χ2v) is 5.86. The molecular weight excluding hydrogens is 330 g/mol. The zero-order valence-corrected chi connectivity index (χ0v) is 13.6. The van der Waals surface area contributed by atoms with Crippen LogP contribution in [0, 0.1) is 11.6 Å². The first-order valence-corrected chi connectivity index (χ1v) is 7.67. The zero-order chi connectivity index (χ0) is 17.3. The van der Waals surface area contributed by atoms with Gasteiger partial charge in [0.25, 0.3) is 0 Å². The number of hydrogen-bond acceptors (Lipinski definition) is 2. The maximum Gasteiger partial charge on any atom is 0.331 e. The Bertz CT molecular complexity index is 945. The first-order chi connectivity index (χ1) is 11.4. The summed E-state index contributed by atoms with van der Waals surface area (Å²) in [5.74, 6) is -3.33. The Kier molecular flexibility index (Phi) is 4.15. The van der Waals surface area contributed by atoms with Gasteiger partial charge in [-0.05, 0) is 25.1 Å². The van der Waals surface area contributed by atoms with Gasteiger partial charge in [0.05, 0.1) is 11.4 Å². The van der Waals surface area contributed by atoms with Crippen LogP contribution >= 0.6 is 12.2 Å². The summed E-state index contributed by atoms with van der Waals surface area (Å²) >= 11 is 5.17. The van der Waals surface area contributed by atoms with E-state index in [0.717, 1.165) is 11.6 Å². The van der Waals surface area contributed by atoms with Gasteiger partial charge in [-0.1, -0.05) is 60.2 Å². The number of benzene rings is 2. The maximum absolute atomic E-state index is 14.6. The summed E-state index contributed by atoms with van der Waals surface area (Å²) in [5, 5.41) is 0. The van der Waals surface area contributed by atoms with E-state index in [1.807, 2.05) is 19.1 Å². The van der Waals surface area contributed by atoms with Gasteiger partial charge in [0.1, 0.15) is 4.64 Å². The normalized spacial score (nSPS) is 11.5. The predicted octanol–water partition coefficient (Wildman–Crippen LogP) is 4.34. The fourth-order valence-corrected chi connectivity index (χ4v) is 2.71. The fourth-order valence-electron chi connectivity index (χ4n) is 2.41. The van der Waals surface area contributed by atoms with Gasteiger partial charge in [-0.3, -0.25) is 4.57 Å². The third-order valence-electron chi connectivity index (χ3n) is 3.70. The van der Waals surface area contributed by atoms with Crippen LogP contribution in [0.15, 0.2) is 65.5 Å². The molecule has 0 radical (unpaired) electrons. The summed E-state index contributed by atoms with van der Waals surface area (Å²) in [5.41, 5.74) is 0.127. The van der Waals surface area contributed by atoms with Crippen LogP contribution in [-0.4, -0.2) is 9.55 Å². The topological polar surface area (TPSA) is 37.8 Å². The van der Waals surface area contributed by atoms with Gasteiger partial charge in [0.2, 0.25) is 0 Å². The Hall–Kier alpha value is -2.60. The monoisotopic (exact) mass is 344 g/mol. The highest BCUT2D eigenvalue weighted by Crippen LogP contribution is 2.33. The third-order valence-corrected chi connectivity index (χ3v) is 4.00. The summed E-state index contributed by atoms with van der Waals surface area (Å²) in [7, 11) is 0. The van der Waals surface area contributed by atoms with E-state index in [1.54, 1.807) is 18.2 Å². The van der Waals surface area contributed by atoms with E-state index >= 15 is 0 Å². The van der Waals surface area contributed by atoms with Crippen LogP contribution in [0.5, 0.6) is 0 Å².